The van der Waals surface area contributed by atoms with Crippen LogP contribution in [0.1, 0.15) is 20.8 Å². The minimum absolute atomic E-state index is 0.0828. The highest BCUT2D eigenvalue weighted by Crippen LogP contribution is 2.41. The van der Waals surface area contributed by atoms with Crippen LogP contribution in [0.25, 0.3) is 0 Å². The lowest BCUT2D eigenvalue weighted by atomic mass is 9.96. The molecule has 1 aromatic rings. The molecule has 8 heteroatoms. The van der Waals surface area contributed by atoms with Crippen LogP contribution in [0.5, 0.6) is 5.75 Å². The summed E-state index contributed by atoms with van der Waals surface area (Å²) in [7, 11) is -1.47. The fraction of sp³-hybridized carbons (Fsp3) is 0.529. The van der Waals surface area contributed by atoms with E-state index < -0.39 is 15.3 Å². The standard InChI is InChI=1S/C17H22N2O4S2/c1-17(2,3)15(20)18-16-19(11-5-7-12(23-4)8-6-11)13-9-25(21,22)10-14(13)24-16/h5-8,13-14H,9-10H2,1-4H3/t13-,14-/m1/s1. The number of nitrogens with zero attached hydrogens (tertiary/aromatic N) is 2. The van der Waals surface area contributed by atoms with E-state index in [9.17, 15) is 13.2 Å². The average Bonchev–Trinajstić information content (AvgIpc) is 2.97. The smallest absolute Gasteiger partial charge is 0.253 e. The predicted octanol–water partition coefficient (Wildman–Crippen LogP) is 2.34. The molecule has 0 radical (unpaired) electrons. The van der Waals surface area contributed by atoms with E-state index in [2.05, 4.69) is 4.99 Å². The van der Waals surface area contributed by atoms with Crippen molar-refractivity contribution in [1.29, 1.82) is 0 Å². The molecule has 1 amide bonds. The summed E-state index contributed by atoms with van der Waals surface area (Å²) in [5, 5.41) is 0.480. The fourth-order valence-corrected chi connectivity index (χ4v) is 6.78. The van der Waals surface area contributed by atoms with Crippen LogP contribution in [0.2, 0.25) is 0 Å². The Bertz CT molecular complexity index is 810. The summed E-state index contributed by atoms with van der Waals surface area (Å²) in [6.07, 6.45) is 0. The van der Waals surface area contributed by atoms with Crippen LogP contribution in [-0.4, -0.2) is 49.4 Å². The second-order valence-corrected chi connectivity index (χ2v) is 10.7. The highest BCUT2D eigenvalue weighted by molar-refractivity contribution is 8.16. The number of ether oxygens (including phenoxy) is 1. The van der Waals surface area contributed by atoms with Gasteiger partial charge in [-0.25, -0.2) is 8.42 Å². The second kappa shape index (κ2) is 6.32. The third-order valence-corrected chi connectivity index (χ3v) is 7.47. The van der Waals surface area contributed by atoms with Crippen molar-refractivity contribution in [2.24, 2.45) is 10.4 Å². The highest BCUT2D eigenvalue weighted by Gasteiger charge is 2.49. The number of benzene rings is 1. The third kappa shape index (κ3) is 3.69. The molecule has 2 atom stereocenters. The molecule has 2 aliphatic rings. The van der Waals surface area contributed by atoms with Gasteiger partial charge in [-0.05, 0) is 24.3 Å². The van der Waals surface area contributed by atoms with Crippen molar-refractivity contribution >= 4 is 38.4 Å². The molecular formula is C17H22N2O4S2. The van der Waals surface area contributed by atoms with Gasteiger partial charge >= 0.3 is 0 Å². The van der Waals surface area contributed by atoms with Gasteiger partial charge in [0.15, 0.2) is 15.0 Å². The van der Waals surface area contributed by atoms with Crippen molar-refractivity contribution in [3.8, 4) is 5.75 Å². The first-order valence-corrected chi connectivity index (χ1v) is 10.7. The number of amides is 1. The number of sulfone groups is 1. The van der Waals surface area contributed by atoms with Gasteiger partial charge in [0.1, 0.15) is 5.75 Å². The largest absolute Gasteiger partial charge is 0.497 e. The summed E-state index contributed by atoms with van der Waals surface area (Å²) in [6, 6.07) is 7.17. The predicted molar refractivity (Wildman–Crippen MR) is 101 cm³/mol. The molecule has 0 bridgehead atoms. The Hall–Kier alpha value is -1.54. The second-order valence-electron chi connectivity index (χ2n) is 7.32. The van der Waals surface area contributed by atoms with E-state index in [4.69, 9.17) is 4.74 Å². The minimum Gasteiger partial charge on any atom is -0.497 e. The molecular weight excluding hydrogens is 360 g/mol. The fourth-order valence-electron chi connectivity index (χ4n) is 2.86. The lowest BCUT2D eigenvalue weighted by Gasteiger charge is -2.25. The molecule has 0 saturated carbocycles. The summed E-state index contributed by atoms with van der Waals surface area (Å²) in [5.41, 5.74) is 0.237. The van der Waals surface area contributed by atoms with Crippen LogP contribution in [0.3, 0.4) is 0 Å². The Kier molecular flexibility index (Phi) is 4.61. The Labute approximate surface area is 152 Å². The van der Waals surface area contributed by atoms with Crippen LogP contribution in [0.4, 0.5) is 5.69 Å². The third-order valence-electron chi connectivity index (χ3n) is 4.26. The van der Waals surface area contributed by atoms with Crippen molar-refractivity contribution < 1.29 is 17.9 Å². The average molecular weight is 383 g/mol. The van der Waals surface area contributed by atoms with Gasteiger partial charge in [0.05, 0.1) is 24.7 Å². The Balaban J connectivity index is 2.00. The van der Waals surface area contributed by atoms with E-state index in [1.54, 1.807) is 7.11 Å². The number of anilines is 1. The lowest BCUT2D eigenvalue weighted by molar-refractivity contribution is -0.124. The van der Waals surface area contributed by atoms with E-state index in [0.29, 0.717) is 5.17 Å². The number of rotatable bonds is 2. The number of carbonyl (C=O) groups excluding carboxylic acids is 1. The normalized spacial score (nSPS) is 26.7. The maximum Gasteiger partial charge on any atom is 0.253 e. The topological polar surface area (TPSA) is 76.0 Å². The maximum absolute atomic E-state index is 12.4. The summed E-state index contributed by atoms with van der Waals surface area (Å²) < 4.78 is 29.3. The van der Waals surface area contributed by atoms with E-state index in [-0.39, 0.29) is 28.7 Å². The van der Waals surface area contributed by atoms with Gasteiger partial charge in [0, 0.05) is 16.4 Å². The van der Waals surface area contributed by atoms with E-state index in [1.165, 1.54) is 11.8 Å². The van der Waals surface area contributed by atoms with Crippen molar-refractivity contribution in [3.63, 3.8) is 0 Å². The summed E-state index contributed by atoms with van der Waals surface area (Å²) in [5.74, 6) is 0.712. The summed E-state index contributed by atoms with van der Waals surface area (Å²) in [4.78, 5) is 18.6. The monoisotopic (exact) mass is 382 g/mol. The number of methoxy groups -OCH3 is 1. The first-order valence-electron chi connectivity index (χ1n) is 8.04. The van der Waals surface area contributed by atoms with Crippen molar-refractivity contribution in [1.82, 2.24) is 0 Å². The van der Waals surface area contributed by atoms with Gasteiger partial charge in [-0.2, -0.15) is 4.99 Å². The lowest BCUT2D eigenvalue weighted by Crippen LogP contribution is -2.38. The summed E-state index contributed by atoms with van der Waals surface area (Å²) in [6.45, 7) is 5.46. The molecule has 0 aliphatic carbocycles. The zero-order chi connectivity index (χ0) is 18.4. The molecule has 0 unspecified atom stereocenters. The molecule has 25 heavy (non-hydrogen) atoms. The van der Waals surface area contributed by atoms with Crippen LogP contribution >= 0.6 is 11.8 Å². The zero-order valence-electron chi connectivity index (χ0n) is 14.7. The number of hydrogen-bond acceptors (Lipinski definition) is 5. The molecule has 2 heterocycles. The van der Waals surface area contributed by atoms with Gasteiger partial charge in [-0.3, -0.25) is 4.79 Å². The molecule has 0 aromatic heterocycles. The maximum atomic E-state index is 12.4. The minimum atomic E-state index is -3.07. The quantitative estimate of drug-likeness (QED) is 0.781. The molecule has 1 aromatic carbocycles. The Morgan fingerprint density at radius 2 is 1.88 bits per heavy atom. The van der Waals surface area contributed by atoms with E-state index >= 15 is 0 Å². The SMILES string of the molecule is COc1ccc(N2C(=NC(=O)C(C)(C)C)S[C@@H]3CS(=O)(=O)C[C@H]32)cc1. The Morgan fingerprint density at radius 1 is 1.24 bits per heavy atom. The van der Waals surface area contributed by atoms with Gasteiger partial charge in [0.25, 0.3) is 5.91 Å². The number of aliphatic imine (C=N–C) groups is 1. The van der Waals surface area contributed by atoms with Crippen molar-refractivity contribution in [2.75, 3.05) is 23.5 Å². The van der Waals surface area contributed by atoms with Gasteiger partial charge in [-0.1, -0.05) is 32.5 Å². The molecule has 6 nitrogen and oxygen atoms in total. The number of fused-ring (bicyclic) bond motifs is 1. The molecule has 0 N–H and O–H groups in total. The first kappa shape index (κ1) is 18.3. The molecule has 0 spiro atoms. The van der Waals surface area contributed by atoms with Gasteiger partial charge < -0.3 is 9.64 Å². The van der Waals surface area contributed by atoms with Gasteiger partial charge in [0.2, 0.25) is 0 Å². The van der Waals surface area contributed by atoms with Crippen LogP contribution < -0.4 is 9.64 Å². The van der Waals surface area contributed by atoms with Crippen molar-refractivity contribution in [3.05, 3.63) is 24.3 Å². The highest BCUT2D eigenvalue weighted by atomic mass is 32.2. The molecule has 3 rings (SSSR count). The van der Waals surface area contributed by atoms with Crippen LogP contribution in [-0.2, 0) is 14.6 Å². The van der Waals surface area contributed by atoms with E-state index in [1.807, 2.05) is 49.9 Å². The molecule has 2 fully saturated rings. The van der Waals surface area contributed by atoms with E-state index in [0.717, 1.165) is 11.4 Å². The van der Waals surface area contributed by atoms with Crippen LogP contribution in [0.15, 0.2) is 29.3 Å². The molecule has 136 valence electrons. The molecule has 2 saturated heterocycles. The van der Waals surface area contributed by atoms with Crippen molar-refractivity contribution in [2.45, 2.75) is 32.1 Å². The zero-order valence-corrected chi connectivity index (χ0v) is 16.4. The first-order chi connectivity index (χ1) is 11.6. The Morgan fingerprint density at radius 3 is 2.44 bits per heavy atom. The van der Waals surface area contributed by atoms with Gasteiger partial charge in [-0.15, -0.1) is 0 Å². The van der Waals surface area contributed by atoms with Crippen LogP contribution in [0, 0.1) is 5.41 Å². The molecule has 2 aliphatic heterocycles. The number of carbonyl (C=O) groups is 1. The number of amidine groups is 1. The number of hydrogen-bond donors (Lipinski definition) is 0. The number of thioether (sulfide) groups is 1. The summed E-state index contributed by atoms with van der Waals surface area (Å²) >= 11 is 1.39.